The Morgan fingerprint density at radius 1 is 1.40 bits per heavy atom. The molecule has 0 bridgehead atoms. The molecule has 1 heterocycles. The number of carbonyl (C=O) groups excluding carboxylic acids is 1. The molecule has 1 amide bonds. The molecule has 0 unspecified atom stereocenters. The van der Waals surface area contributed by atoms with Gasteiger partial charge in [-0.1, -0.05) is 0 Å². The third kappa shape index (κ3) is 5.62. The lowest BCUT2D eigenvalue weighted by Gasteiger charge is -2.22. The fourth-order valence-corrected chi connectivity index (χ4v) is 1.96. The van der Waals surface area contributed by atoms with E-state index in [4.69, 9.17) is 14.2 Å². The maximum absolute atomic E-state index is 11.5. The average Bonchev–Trinajstić information content (AvgIpc) is 2.51. The number of nitrogens with one attached hydrogen (secondary N) is 2. The molecular formula is C13H26N2O5. The third-order valence-electron chi connectivity index (χ3n) is 2.59. The number of hydrazine groups is 1. The number of hydrogen-bond donors (Lipinski definition) is 3. The molecule has 3 atom stereocenters. The molecule has 1 fully saturated rings. The van der Waals surface area contributed by atoms with Crippen LogP contribution in [0.25, 0.3) is 0 Å². The number of aliphatic hydroxyl groups excluding tert-OH is 1. The smallest absolute Gasteiger partial charge is 0.422 e. The van der Waals surface area contributed by atoms with Gasteiger partial charge in [-0.25, -0.2) is 10.2 Å². The highest BCUT2D eigenvalue weighted by Crippen LogP contribution is 2.29. The summed E-state index contributed by atoms with van der Waals surface area (Å²) in [7, 11) is 0. The Bertz CT molecular complexity index is 338. The van der Waals surface area contributed by atoms with E-state index in [0.29, 0.717) is 6.54 Å². The summed E-state index contributed by atoms with van der Waals surface area (Å²) in [6.45, 7) is 10.9. The monoisotopic (exact) mass is 290 g/mol. The molecule has 1 aliphatic heterocycles. The number of hydrogen-bond acceptors (Lipinski definition) is 6. The van der Waals surface area contributed by atoms with Crippen LogP contribution in [0, 0.1) is 0 Å². The molecule has 0 aliphatic carbocycles. The molecule has 118 valence electrons. The molecule has 20 heavy (non-hydrogen) atoms. The van der Waals surface area contributed by atoms with Gasteiger partial charge in [-0.15, -0.1) is 0 Å². The summed E-state index contributed by atoms with van der Waals surface area (Å²) < 4.78 is 16.4. The molecule has 0 aromatic heterocycles. The van der Waals surface area contributed by atoms with E-state index >= 15 is 0 Å². The first-order valence-electron chi connectivity index (χ1n) is 6.76. The van der Waals surface area contributed by atoms with Gasteiger partial charge in [0.05, 0.1) is 6.10 Å². The van der Waals surface area contributed by atoms with Crippen molar-refractivity contribution in [2.45, 2.75) is 71.2 Å². The minimum atomic E-state index is -0.750. The van der Waals surface area contributed by atoms with Crippen LogP contribution in [-0.2, 0) is 14.2 Å². The van der Waals surface area contributed by atoms with E-state index in [-0.39, 0.29) is 6.10 Å². The predicted molar refractivity (Wildman–Crippen MR) is 72.9 cm³/mol. The second kappa shape index (κ2) is 6.26. The van der Waals surface area contributed by atoms with Crippen molar-refractivity contribution in [1.82, 2.24) is 10.9 Å². The number of rotatable bonds is 4. The Morgan fingerprint density at radius 2 is 2.00 bits per heavy atom. The van der Waals surface area contributed by atoms with Crippen LogP contribution >= 0.6 is 0 Å². The standard InChI is InChI=1S/C13H26N2O5/c1-8(16)10-9(18-13(5,6)19-10)7-14-15-11(17)20-12(2,3)4/h8-10,14,16H,7H2,1-6H3,(H,15,17)/t8-,9+,10-/m1/s1. The Hall–Kier alpha value is -0.890. The van der Waals surface area contributed by atoms with Crippen LogP contribution < -0.4 is 10.9 Å². The van der Waals surface area contributed by atoms with Crippen LogP contribution in [0.5, 0.6) is 0 Å². The van der Waals surface area contributed by atoms with Crippen LogP contribution in [-0.4, -0.2) is 47.4 Å². The van der Waals surface area contributed by atoms with Crippen molar-refractivity contribution in [3.8, 4) is 0 Å². The largest absolute Gasteiger partial charge is 0.443 e. The maximum atomic E-state index is 11.5. The maximum Gasteiger partial charge on any atom is 0.422 e. The molecule has 1 saturated heterocycles. The summed E-state index contributed by atoms with van der Waals surface area (Å²) in [5.41, 5.74) is 4.60. The topological polar surface area (TPSA) is 89.0 Å². The van der Waals surface area contributed by atoms with Crippen molar-refractivity contribution < 1.29 is 24.1 Å². The van der Waals surface area contributed by atoms with Gasteiger partial charge in [-0.05, 0) is 41.5 Å². The second-order valence-corrected chi connectivity index (χ2v) is 6.39. The van der Waals surface area contributed by atoms with Crippen molar-refractivity contribution >= 4 is 6.09 Å². The SMILES string of the molecule is C[C@@H](O)[C@H]1OC(C)(C)O[C@H]1CNNC(=O)OC(C)(C)C. The molecular weight excluding hydrogens is 264 g/mol. The van der Waals surface area contributed by atoms with Crippen molar-refractivity contribution in [2.75, 3.05) is 6.54 Å². The summed E-state index contributed by atoms with van der Waals surface area (Å²) >= 11 is 0. The lowest BCUT2D eigenvalue weighted by atomic mass is 10.1. The van der Waals surface area contributed by atoms with E-state index in [1.165, 1.54) is 0 Å². The zero-order valence-corrected chi connectivity index (χ0v) is 13.0. The quantitative estimate of drug-likeness (QED) is 0.667. The van der Waals surface area contributed by atoms with Gasteiger partial charge in [0.25, 0.3) is 0 Å². The zero-order valence-electron chi connectivity index (χ0n) is 13.0. The zero-order chi connectivity index (χ0) is 15.6. The summed E-state index contributed by atoms with van der Waals surface area (Å²) in [5.74, 6) is -0.750. The van der Waals surface area contributed by atoms with E-state index in [9.17, 15) is 9.90 Å². The first-order chi connectivity index (χ1) is 9.00. The lowest BCUT2D eigenvalue weighted by Crippen LogP contribution is -2.47. The fourth-order valence-electron chi connectivity index (χ4n) is 1.96. The summed E-state index contributed by atoms with van der Waals surface area (Å²) in [5, 5.41) is 9.67. The second-order valence-electron chi connectivity index (χ2n) is 6.39. The average molecular weight is 290 g/mol. The number of amides is 1. The molecule has 7 heteroatoms. The fraction of sp³-hybridized carbons (Fsp3) is 0.923. The van der Waals surface area contributed by atoms with Gasteiger partial charge in [-0.2, -0.15) is 0 Å². The van der Waals surface area contributed by atoms with Crippen molar-refractivity contribution in [2.24, 2.45) is 0 Å². The van der Waals surface area contributed by atoms with Gasteiger partial charge in [0.15, 0.2) is 5.79 Å². The Kier molecular flexibility index (Phi) is 5.37. The first kappa shape index (κ1) is 17.2. The third-order valence-corrected chi connectivity index (χ3v) is 2.59. The molecule has 3 N–H and O–H groups in total. The molecule has 0 radical (unpaired) electrons. The molecule has 1 aliphatic rings. The van der Waals surface area contributed by atoms with Gasteiger partial charge in [0.2, 0.25) is 0 Å². The molecule has 1 rings (SSSR count). The highest BCUT2D eigenvalue weighted by atomic mass is 16.8. The van der Waals surface area contributed by atoms with Crippen molar-refractivity contribution in [3.05, 3.63) is 0 Å². The highest BCUT2D eigenvalue weighted by molar-refractivity contribution is 5.66. The van der Waals surface area contributed by atoms with E-state index in [2.05, 4.69) is 10.9 Å². The summed E-state index contributed by atoms with van der Waals surface area (Å²) in [4.78, 5) is 11.5. The molecule has 0 aromatic carbocycles. The molecule has 0 spiro atoms. The number of aliphatic hydroxyl groups is 1. The summed E-state index contributed by atoms with van der Waals surface area (Å²) in [6.07, 6.45) is -2.03. The van der Waals surface area contributed by atoms with E-state index in [0.717, 1.165) is 0 Å². The normalized spacial score (nSPS) is 27.1. The minimum absolute atomic E-state index is 0.304. The van der Waals surface area contributed by atoms with Crippen molar-refractivity contribution in [1.29, 1.82) is 0 Å². The Morgan fingerprint density at radius 3 is 2.50 bits per heavy atom. The molecule has 0 aromatic rings. The van der Waals surface area contributed by atoms with Gasteiger partial charge in [0.1, 0.15) is 17.8 Å². The van der Waals surface area contributed by atoms with Gasteiger partial charge >= 0.3 is 6.09 Å². The summed E-state index contributed by atoms with van der Waals surface area (Å²) in [6, 6.07) is 0. The minimum Gasteiger partial charge on any atom is -0.443 e. The van der Waals surface area contributed by atoms with Gasteiger partial charge in [-0.3, -0.25) is 5.43 Å². The van der Waals surface area contributed by atoms with Gasteiger partial charge < -0.3 is 19.3 Å². The van der Waals surface area contributed by atoms with Crippen LogP contribution in [0.3, 0.4) is 0 Å². The Balaban J connectivity index is 2.39. The van der Waals surface area contributed by atoms with Gasteiger partial charge in [0, 0.05) is 6.54 Å². The van der Waals surface area contributed by atoms with Crippen LogP contribution in [0.2, 0.25) is 0 Å². The molecule has 7 nitrogen and oxygen atoms in total. The van der Waals surface area contributed by atoms with Crippen molar-refractivity contribution in [3.63, 3.8) is 0 Å². The first-order valence-corrected chi connectivity index (χ1v) is 6.76. The number of ether oxygens (including phenoxy) is 3. The highest BCUT2D eigenvalue weighted by Gasteiger charge is 2.43. The lowest BCUT2D eigenvalue weighted by molar-refractivity contribution is -0.154. The van der Waals surface area contributed by atoms with E-state index in [1.807, 2.05) is 0 Å². The number of carbonyl (C=O) groups is 1. The van der Waals surface area contributed by atoms with Crippen LogP contribution in [0.4, 0.5) is 4.79 Å². The van der Waals surface area contributed by atoms with Crippen LogP contribution in [0.1, 0.15) is 41.5 Å². The van der Waals surface area contributed by atoms with E-state index in [1.54, 1.807) is 41.5 Å². The predicted octanol–water partition coefficient (Wildman–Crippen LogP) is 0.917. The molecule has 0 saturated carbocycles. The Labute approximate surface area is 119 Å². The van der Waals surface area contributed by atoms with E-state index < -0.39 is 29.7 Å². The van der Waals surface area contributed by atoms with Crippen LogP contribution in [0.15, 0.2) is 0 Å².